The zero-order chi connectivity index (χ0) is 16.1. The molecule has 0 radical (unpaired) electrons. The molecule has 0 saturated carbocycles. The van der Waals surface area contributed by atoms with Crippen molar-refractivity contribution in [2.45, 2.75) is 6.92 Å². The third-order valence-electron chi connectivity index (χ3n) is 3.01. The predicted octanol–water partition coefficient (Wildman–Crippen LogP) is 2.09. The van der Waals surface area contributed by atoms with Crippen LogP contribution in [0.2, 0.25) is 0 Å². The summed E-state index contributed by atoms with van der Waals surface area (Å²) in [6, 6.07) is 5.35. The van der Waals surface area contributed by atoms with Crippen LogP contribution in [0.5, 0.6) is 11.5 Å². The van der Waals surface area contributed by atoms with Gasteiger partial charge in [0.05, 0.1) is 18.6 Å². The van der Waals surface area contributed by atoms with Crippen LogP contribution < -0.4 is 15.2 Å². The lowest BCUT2D eigenvalue weighted by molar-refractivity contribution is -0.122. The normalized spacial score (nSPS) is 16.5. The van der Waals surface area contributed by atoms with E-state index in [0.29, 0.717) is 23.0 Å². The van der Waals surface area contributed by atoms with E-state index in [1.165, 1.54) is 0 Å². The molecule has 118 valence electrons. The van der Waals surface area contributed by atoms with E-state index in [0.717, 1.165) is 22.2 Å². The minimum atomic E-state index is -0.312. The molecule has 0 unspecified atom stereocenters. The maximum Gasteiger partial charge on any atom is 0.293 e. The topological polar surface area (TPSA) is 81.9 Å². The molecule has 1 aliphatic rings. The highest BCUT2D eigenvalue weighted by atomic mass is 32.2. The first-order valence-electron chi connectivity index (χ1n) is 6.87. The van der Waals surface area contributed by atoms with Gasteiger partial charge in [0.15, 0.2) is 11.5 Å². The van der Waals surface area contributed by atoms with Crippen LogP contribution in [0.15, 0.2) is 23.1 Å². The molecule has 0 atom stereocenters. The molecular formula is C15H18N2O4S. The van der Waals surface area contributed by atoms with Crippen molar-refractivity contribution >= 4 is 29.0 Å². The van der Waals surface area contributed by atoms with E-state index in [1.807, 2.05) is 13.0 Å². The fraction of sp³-hybridized carbons (Fsp3) is 0.333. The van der Waals surface area contributed by atoms with Gasteiger partial charge in [-0.25, -0.2) is 0 Å². The number of thioether (sulfide) groups is 1. The van der Waals surface area contributed by atoms with Crippen molar-refractivity contribution in [2.75, 3.05) is 26.8 Å². The molecule has 1 fully saturated rings. The van der Waals surface area contributed by atoms with Crippen LogP contribution in [0, 0.1) is 0 Å². The Hall–Kier alpha value is -1.99. The predicted molar refractivity (Wildman–Crippen MR) is 85.9 cm³/mol. The molecule has 1 heterocycles. The lowest BCUT2D eigenvalue weighted by atomic mass is 10.2. The van der Waals surface area contributed by atoms with Crippen molar-refractivity contribution in [1.82, 2.24) is 4.90 Å². The molecule has 0 spiro atoms. The van der Waals surface area contributed by atoms with Crippen molar-refractivity contribution in [1.29, 1.82) is 0 Å². The SMILES string of the molecule is CCOc1ccc(/C=C2\SC(=O)N(CCN)C2=O)cc1OC. The highest BCUT2D eigenvalue weighted by Crippen LogP contribution is 2.34. The zero-order valence-electron chi connectivity index (χ0n) is 12.5. The van der Waals surface area contributed by atoms with Gasteiger partial charge in [-0.2, -0.15) is 0 Å². The molecule has 0 aromatic heterocycles. The number of carbonyl (C=O) groups is 2. The van der Waals surface area contributed by atoms with E-state index in [2.05, 4.69) is 0 Å². The maximum atomic E-state index is 12.1. The standard InChI is InChI=1S/C15H18N2O4S/c1-3-21-11-5-4-10(8-12(11)20-2)9-13-14(18)17(7-6-16)15(19)22-13/h4-5,8-9H,3,6-7,16H2,1-2H3/b13-9-. The number of rotatable bonds is 6. The van der Waals surface area contributed by atoms with Gasteiger partial charge in [0.1, 0.15) is 0 Å². The Balaban J connectivity index is 2.26. The Bertz CT molecular complexity index is 616. The first-order valence-corrected chi connectivity index (χ1v) is 7.68. The maximum absolute atomic E-state index is 12.1. The number of nitrogens with zero attached hydrogens (tertiary/aromatic N) is 1. The van der Waals surface area contributed by atoms with Crippen molar-refractivity contribution in [3.05, 3.63) is 28.7 Å². The fourth-order valence-corrected chi connectivity index (χ4v) is 2.89. The first kappa shape index (κ1) is 16.4. The highest BCUT2D eigenvalue weighted by Gasteiger charge is 2.34. The van der Waals surface area contributed by atoms with Gasteiger partial charge >= 0.3 is 0 Å². The molecule has 1 aromatic rings. The van der Waals surface area contributed by atoms with E-state index in [9.17, 15) is 9.59 Å². The van der Waals surface area contributed by atoms with Crippen LogP contribution in [0.3, 0.4) is 0 Å². The molecule has 1 saturated heterocycles. The van der Waals surface area contributed by atoms with Gasteiger partial charge in [-0.3, -0.25) is 14.5 Å². The van der Waals surface area contributed by atoms with Crippen LogP contribution >= 0.6 is 11.8 Å². The van der Waals surface area contributed by atoms with E-state index >= 15 is 0 Å². The second kappa shape index (κ2) is 7.33. The number of benzene rings is 1. The Labute approximate surface area is 133 Å². The second-order valence-electron chi connectivity index (χ2n) is 4.47. The summed E-state index contributed by atoms with van der Waals surface area (Å²) in [4.78, 5) is 25.4. The van der Waals surface area contributed by atoms with Gasteiger partial charge in [0.2, 0.25) is 0 Å². The average Bonchev–Trinajstić information content (AvgIpc) is 2.77. The second-order valence-corrected chi connectivity index (χ2v) is 5.46. The zero-order valence-corrected chi connectivity index (χ0v) is 13.3. The minimum Gasteiger partial charge on any atom is -0.493 e. The van der Waals surface area contributed by atoms with Gasteiger partial charge in [-0.15, -0.1) is 0 Å². The molecule has 2 rings (SSSR count). The number of amides is 2. The van der Waals surface area contributed by atoms with Crippen LogP contribution in [-0.2, 0) is 4.79 Å². The minimum absolute atomic E-state index is 0.231. The van der Waals surface area contributed by atoms with Crippen molar-refractivity contribution in [3.8, 4) is 11.5 Å². The first-order chi connectivity index (χ1) is 10.6. The summed E-state index contributed by atoms with van der Waals surface area (Å²) >= 11 is 0.915. The molecule has 2 N–H and O–H groups in total. The highest BCUT2D eigenvalue weighted by molar-refractivity contribution is 8.18. The fourth-order valence-electron chi connectivity index (χ4n) is 2.02. The summed E-state index contributed by atoms with van der Waals surface area (Å²) in [5, 5.41) is -0.292. The molecular weight excluding hydrogens is 304 g/mol. The molecule has 0 aliphatic carbocycles. The Morgan fingerprint density at radius 3 is 2.73 bits per heavy atom. The van der Waals surface area contributed by atoms with Crippen molar-refractivity contribution in [2.24, 2.45) is 5.73 Å². The van der Waals surface area contributed by atoms with Crippen LogP contribution in [0.4, 0.5) is 4.79 Å². The Morgan fingerprint density at radius 2 is 2.09 bits per heavy atom. The molecule has 1 aliphatic heterocycles. The molecule has 6 nitrogen and oxygen atoms in total. The number of imide groups is 1. The van der Waals surface area contributed by atoms with Crippen LogP contribution in [-0.4, -0.2) is 42.9 Å². The number of hydrogen-bond donors (Lipinski definition) is 1. The number of nitrogens with two attached hydrogens (primary N) is 1. The quantitative estimate of drug-likeness (QED) is 0.808. The molecule has 22 heavy (non-hydrogen) atoms. The third-order valence-corrected chi connectivity index (χ3v) is 3.92. The van der Waals surface area contributed by atoms with E-state index in [4.69, 9.17) is 15.2 Å². The van der Waals surface area contributed by atoms with Gasteiger partial charge in [0, 0.05) is 13.1 Å². The summed E-state index contributed by atoms with van der Waals surface area (Å²) in [6.45, 7) is 2.91. The summed E-state index contributed by atoms with van der Waals surface area (Å²) in [7, 11) is 1.55. The average molecular weight is 322 g/mol. The molecule has 7 heteroatoms. The van der Waals surface area contributed by atoms with E-state index in [-0.39, 0.29) is 24.2 Å². The van der Waals surface area contributed by atoms with Crippen LogP contribution in [0.1, 0.15) is 12.5 Å². The number of hydrogen-bond acceptors (Lipinski definition) is 6. The number of carbonyl (C=O) groups excluding carboxylic acids is 2. The third kappa shape index (κ3) is 3.42. The molecule has 0 bridgehead atoms. The summed E-state index contributed by atoms with van der Waals surface area (Å²) < 4.78 is 10.7. The lowest BCUT2D eigenvalue weighted by Crippen LogP contribution is -2.33. The van der Waals surface area contributed by atoms with E-state index in [1.54, 1.807) is 25.3 Å². The Morgan fingerprint density at radius 1 is 1.32 bits per heavy atom. The van der Waals surface area contributed by atoms with Gasteiger partial charge < -0.3 is 15.2 Å². The smallest absolute Gasteiger partial charge is 0.293 e. The van der Waals surface area contributed by atoms with Gasteiger partial charge in [-0.1, -0.05) is 6.07 Å². The monoisotopic (exact) mass is 322 g/mol. The Kier molecular flexibility index (Phi) is 5.46. The van der Waals surface area contributed by atoms with E-state index < -0.39 is 0 Å². The summed E-state index contributed by atoms with van der Waals surface area (Å²) in [5.74, 6) is 0.906. The van der Waals surface area contributed by atoms with Crippen LogP contribution in [0.25, 0.3) is 6.08 Å². The number of ether oxygens (including phenoxy) is 2. The number of methoxy groups -OCH3 is 1. The molecule has 2 amide bonds. The summed E-state index contributed by atoms with van der Waals surface area (Å²) in [6.07, 6.45) is 1.67. The van der Waals surface area contributed by atoms with Gasteiger partial charge in [-0.05, 0) is 42.5 Å². The lowest BCUT2D eigenvalue weighted by Gasteiger charge is -2.10. The summed E-state index contributed by atoms with van der Waals surface area (Å²) in [5.41, 5.74) is 6.17. The van der Waals surface area contributed by atoms with Gasteiger partial charge in [0.25, 0.3) is 11.1 Å². The molecule has 1 aromatic carbocycles. The van der Waals surface area contributed by atoms with Crippen molar-refractivity contribution < 1.29 is 19.1 Å². The van der Waals surface area contributed by atoms with Crippen molar-refractivity contribution in [3.63, 3.8) is 0 Å². The largest absolute Gasteiger partial charge is 0.493 e.